The van der Waals surface area contributed by atoms with Gasteiger partial charge in [0.1, 0.15) is 0 Å². The lowest BCUT2D eigenvalue weighted by Gasteiger charge is -2.31. The van der Waals surface area contributed by atoms with Crippen molar-refractivity contribution >= 4 is 11.8 Å². The van der Waals surface area contributed by atoms with E-state index < -0.39 is 0 Å². The second kappa shape index (κ2) is 3.55. The summed E-state index contributed by atoms with van der Waals surface area (Å²) in [7, 11) is 0. The molecule has 1 aliphatic carbocycles. The minimum Gasteiger partial charge on any atom is -0.316 e. The summed E-state index contributed by atoms with van der Waals surface area (Å²) in [5.41, 5.74) is -0.385. The van der Waals surface area contributed by atoms with Gasteiger partial charge in [0.25, 0.3) is 0 Å². The van der Waals surface area contributed by atoms with Gasteiger partial charge < -0.3 is 5.32 Å². The second-order valence-electron chi connectivity index (χ2n) is 5.49. The number of nitrogens with zero attached hydrogens (tertiary/aromatic N) is 1. The van der Waals surface area contributed by atoms with E-state index in [0.717, 1.165) is 19.4 Å². The first kappa shape index (κ1) is 10.3. The summed E-state index contributed by atoms with van der Waals surface area (Å²) in [4.78, 5) is 25.8. The Balaban J connectivity index is 1.77. The Bertz CT molecular complexity index is 330. The first-order valence-corrected chi connectivity index (χ1v) is 6.27. The van der Waals surface area contributed by atoms with Crippen LogP contribution < -0.4 is 5.32 Å². The van der Waals surface area contributed by atoms with Crippen LogP contribution in [0.3, 0.4) is 0 Å². The fourth-order valence-electron chi connectivity index (χ4n) is 2.90. The summed E-state index contributed by atoms with van der Waals surface area (Å²) in [6.07, 6.45) is 4.69. The van der Waals surface area contributed by atoms with Gasteiger partial charge in [0.2, 0.25) is 11.8 Å². The maximum absolute atomic E-state index is 12.3. The summed E-state index contributed by atoms with van der Waals surface area (Å²) in [5.74, 6) is 0.747. The zero-order chi connectivity index (χ0) is 11.2. The van der Waals surface area contributed by atoms with Crippen molar-refractivity contribution in [3.05, 3.63) is 0 Å². The summed E-state index contributed by atoms with van der Waals surface area (Å²) in [6.45, 7) is 2.35. The van der Waals surface area contributed by atoms with Crippen LogP contribution in [-0.2, 0) is 9.59 Å². The molecule has 1 unspecified atom stereocenters. The first-order chi connectivity index (χ1) is 7.71. The Morgan fingerprint density at radius 2 is 2.19 bits per heavy atom. The molecule has 2 heterocycles. The van der Waals surface area contributed by atoms with Crippen LogP contribution in [0.25, 0.3) is 0 Å². The molecule has 2 saturated heterocycles. The van der Waals surface area contributed by atoms with Gasteiger partial charge in [-0.3, -0.25) is 14.5 Å². The van der Waals surface area contributed by atoms with E-state index in [4.69, 9.17) is 0 Å². The average molecular weight is 222 g/mol. The van der Waals surface area contributed by atoms with E-state index in [2.05, 4.69) is 5.32 Å². The van der Waals surface area contributed by atoms with Crippen molar-refractivity contribution in [1.29, 1.82) is 0 Å². The molecule has 3 rings (SSSR count). The smallest absolute Gasteiger partial charge is 0.237 e. The minimum absolute atomic E-state index is 0.0561. The lowest BCUT2D eigenvalue weighted by Crippen LogP contribution is -2.46. The Kier molecular flexibility index (Phi) is 2.28. The number of hydrogen-bond acceptors (Lipinski definition) is 3. The van der Waals surface area contributed by atoms with Gasteiger partial charge in [-0.05, 0) is 38.1 Å². The van der Waals surface area contributed by atoms with E-state index in [0.29, 0.717) is 25.4 Å². The van der Waals surface area contributed by atoms with E-state index in [9.17, 15) is 9.59 Å². The number of nitrogens with one attached hydrogen (secondary N) is 1. The molecule has 4 heteroatoms. The molecule has 4 nitrogen and oxygen atoms in total. The van der Waals surface area contributed by atoms with E-state index in [1.165, 1.54) is 17.7 Å². The number of hydrogen-bond donors (Lipinski definition) is 1. The third-order valence-corrected chi connectivity index (χ3v) is 4.10. The molecule has 3 fully saturated rings. The van der Waals surface area contributed by atoms with Crippen LogP contribution in [0.5, 0.6) is 0 Å². The quantitative estimate of drug-likeness (QED) is 0.693. The highest BCUT2D eigenvalue weighted by molar-refractivity contribution is 6.06. The van der Waals surface area contributed by atoms with Gasteiger partial charge in [0, 0.05) is 19.5 Å². The Morgan fingerprint density at radius 3 is 2.81 bits per heavy atom. The van der Waals surface area contributed by atoms with Crippen LogP contribution in [0.15, 0.2) is 0 Å². The van der Waals surface area contributed by atoms with E-state index in [-0.39, 0.29) is 17.2 Å². The highest BCUT2D eigenvalue weighted by Gasteiger charge is 2.52. The van der Waals surface area contributed by atoms with Gasteiger partial charge in [-0.15, -0.1) is 0 Å². The Hall–Kier alpha value is -0.900. The molecule has 1 spiro atoms. The summed E-state index contributed by atoms with van der Waals surface area (Å²) >= 11 is 0. The standard InChI is InChI=1S/C12H18N2O2/c15-10-6-12(4-1-5-13-8-12)11(16)14(10)7-9-2-3-9/h9,13H,1-8H2. The molecule has 1 saturated carbocycles. The van der Waals surface area contributed by atoms with Crippen molar-refractivity contribution in [3.8, 4) is 0 Å². The molecule has 1 atom stereocenters. The molecular weight excluding hydrogens is 204 g/mol. The molecule has 0 aromatic carbocycles. The normalized spacial score (nSPS) is 35.1. The van der Waals surface area contributed by atoms with Gasteiger partial charge in [0.15, 0.2) is 0 Å². The summed E-state index contributed by atoms with van der Waals surface area (Å²) in [5, 5.41) is 3.26. The topological polar surface area (TPSA) is 49.4 Å². The number of likely N-dealkylation sites (tertiary alicyclic amines) is 1. The molecule has 16 heavy (non-hydrogen) atoms. The molecule has 2 aliphatic heterocycles. The SMILES string of the molecule is O=C1CC2(CCCNC2)C(=O)N1CC1CC1. The number of imide groups is 1. The van der Waals surface area contributed by atoms with E-state index >= 15 is 0 Å². The predicted molar refractivity (Wildman–Crippen MR) is 58.6 cm³/mol. The molecule has 0 aromatic rings. The Labute approximate surface area is 95.4 Å². The average Bonchev–Trinajstić information content (AvgIpc) is 3.06. The van der Waals surface area contributed by atoms with Crippen molar-refractivity contribution in [3.63, 3.8) is 0 Å². The van der Waals surface area contributed by atoms with Crippen LogP contribution in [-0.4, -0.2) is 36.3 Å². The highest BCUT2D eigenvalue weighted by Crippen LogP contribution is 2.40. The second-order valence-corrected chi connectivity index (χ2v) is 5.49. The van der Waals surface area contributed by atoms with Crippen molar-refractivity contribution in [2.24, 2.45) is 11.3 Å². The number of carbonyl (C=O) groups excluding carboxylic acids is 2. The molecule has 88 valence electrons. The lowest BCUT2D eigenvalue weighted by molar-refractivity contribution is -0.142. The zero-order valence-electron chi connectivity index (χ0n) is 9.50. The molecule has 3 aliphatic rings. The van der Waals surface area contributed by atoms with Crippen LogP contribution >= 0.6 is 0 Å². The van der Waals surface area contributed by atoms with Crippen LogP contribution in [0.4, 0.5) is 0 Å². The van der Waals surface area contributed by atoms with Crippen LogP contribution in [0, 0.1) is 11.3 Å². The van der Waals surface area contributed by atoms with Crippen LogP contribution in [0.2, 0.25) is 0 Å². The van der Waals surface area contributed by atoms with Crippen molar-refractivity contribution in [2.75, 3.05) is 19.6 Å². The van der Waals surface area contributed by atoms with Gasteiger partial charge in [-0.2, -0.15) is 0 Å². The fraction of sp³-hybridized carbons (Fsp3) is 0.833. The minimum atomic E-state index is -0.385. The largest absolute Gasteiger partial charge is 0.316 e. The zero-order valence-corrected chi connectivity index (χ0v) is 9.50. The van der Waals surface area contributed by atoms with E-state index in [1.54, 1.807) is 0 Å². The number of rotatable bonds is 2. The highest BCUT2D eigenvalue weighted by atomic mass is 16.2. The maximum atomic E-state index is 12.3. The van der Waals surface area contributed by atoms with Crippen molar-refractivity contribution < 1.29 is 9.59 Å². The van der Waals surface area contributed by atoms with Gasteiger partial charge in [-0.25, -0.2) is 0 Å². The first-order valence-electron chi connectivity index (χ1n) is 6.27. The third kappa shape index (κ3) is 1.56. The third-order valence-electron chi connectivity index (χ3n) is 4.10. The summed E-state index contributed by atoms with van der Waals surface area (Å²) < 4.78 is 0. The van der Waals surface area contributed by atoms with E-state index in [1.807, 2.05) is 0 Å². The van der Waals surface area contributed by atoms with Gasteiger partial charge in [0.05, 0.1) is 5.41 Å². The van der Waals surface area contributed by atoms with Crippen molar-refractivity contribution in [2.45, 2.75) is 32.1 Å². The molecule has 2 amide bonds. The molecule has 0 aromatic heterocycles. The lowest BCUT2D eigenvalue weighted by atomic mass is 9.79. The maximum Gasteiger partial charge on any atom is 0.237 e. The van der Waals surface area contributed by atoms with Gasteiger partial charge in [-0.1, -0.05) is 0 Å². The van der Waals surface area contributed by atoms with Gasteiger partial charge >= 0.3 is 0 Å². The number of amides is 2. The Morgan fingerprint density at radius 1 is 1.38 bits per heavy atom. The predicted octanol–water partition coefficient (Wildman–Crippen LogP) is 0.525. The molecule has 0 bridgehead atoms. The van der Waals surface area contributed by atoms with Crippen LogP contribution in [0.1, 0.15) is 32.1 Å². The molecular formula is C12H18N2O2. The fourth-order valence-corrected chi connectivity index (χ4v) is 2.90. The van der Waals surface area contributed by atoms with Crippen molar-refractivity contribution in [1.82, 2.24) is 10.2 Å². The number of piperidine rings is 1. The molecule has 1 N–H and O–H groups in total. The molecule has 0 radical (unpaired) electrons. The number of carbonyl (C=O) groups is 2. The monoisotopic (exact) mass is 222 g/mol. The summed E-state index contributed by atoms with van der Waals surface area (Å²) in [6, 6.07) is 0.